The number of benzene rings is 1. The summed E-state index contributed by atoms with van der Waals surface area (Å²) in [5.74, 6) is -0.0673. The summed E-state index contributed by atoms with van der Waals surface area (Å²) in [5.41, 5.74) is 0.158. The van der Waals surface area contributed by atoms with Crippen LogP contribution >= 0.6 is 0 Å². The molecule has 0 atom stereocenters. The average Bonchev–Trinajstić information content (AvgIpc) is 2.28. The first-order valence-corrected chi connectivity index (χ1v) is 7.02. The summed E-state index contributed by atoms with van der Waals surface area (Å²) < 4.78 is 27.8. The Labute approximate surface area is 106 Å². The van der Waals surface area contributed by atoms with Crippen molar-refractivity contribution in [2.75, 3.05) is 13.2 Å². The van der Waals surface area contributed by atoms with E-state index in [0.29, 0.717) is 18.9 Å². The van der Waals surface area contributed by atoms with Gasteiger partial charge in [-0.1, -0.05) is 0 Å². The summed E-state index contributed by atoms with van der Waals surface area (Å²) in [7, 11) is -3.84. The van der Waals surface area contributed by atoms with Gasteiger partial charge < -0.3 is 10.1 Å². The smallest absolute Gasteiger partial charge is 0.255 e. The Morgan fingerprint density at radius 1 is 1.39 bits per heavy atom. The monoisotopic (exact) mass is 272 g/mol. The first-order valence-electron chi connectivity index (χ1n) is 5.48. The van der Waals surface area contributed by atoms with Crippen molar-refractivity contribution in [3.63, 3.8) is 0 Å². The lowest BCUT2D eigenvalue weighted by molar-refractivity contribution is 0.0952. The van der Waals surface area contributed by atoms with E-state index in [2.05, 4.69) is 5.32 Å². The van der Waals surface area contributed by atoms with Crippen LogP contribution in [-0.2, 0) is 10.0 Å². The molecule has 0 aliphatic rings. The number of amides is 1. The van der Waals surface area contributed by atoms with Crippen LogP contribution in [0.1, 0.15) is 24.2 Å². The largest absolute Gasteiger partial charge is 0.493 e. The topological polar surface area (TPSA) is 98.5 Å². The number of sulfonamides is 1. The van der Waals surface area contributed by atoms with Crippen LogP contribution in [0.15, 0.2) is 23.1 Å². The summed E-state index contributed by atoms with van der Waals surface area (Å²) in [4.78, 5) is 11.7. The summed E-state index contributed by atoms with van der Waals surface area (Å²) in [6.45, 7) is 4.35. The molecule has 0 heterocycles. The Bertz CT molecular complexity index is 540. The van der Waals surface area contributed by atoms with Gasteiger partial charge in [0.25, 0.3) is 5.91 Å². The van der Waals surface area contributed by atoms with Gasteiger partial charge in [0.15, 0.2) is 0 Å². The molecule has 0 unspecified atom stereocenters. The number of nitrogens with one attached hydrogen (secondary N) is 1. The first-order chi connectivity index (χ1) is 8.40. The maximum Gasteiger partial charge on any atom is 0.255 e. The van der Waals surface area contributed by atoms with E-state index in [1.165, 1.54) is 18.2 Å². The minimum atomic E-state index is -3.84. The fourth-order valence-electron chi connectivity index (χ4n) is 1.40. The van der Waals surface area contributed by atoms with Crippen LogP contribution in [0.3, 0.4) is 0 Å². The van der Waals surface area contributed by atoms with Crippen molar-refractivity contribution in [1.82, 2.24) is 5.32 Å². The van der Waals surface area contributed by atoms with Crippen molar-refractivity contribution in [2.24, 2.45) is 5.14 Å². The van der Waals surface area contributed by atoms with Crippen molar-refractivity contribution in [3.8, 4) is 5.75 Å². The third-order valence-corrected chi connectivity index (χ3v) is 3.07. The number of primary sulfonamides is 1. The normalized spacial score (nSPS) is 11.1. The van der Waals surface area contributed by atoms with Gasteiger partial charge in [0.2, 0.25) is 10.0 Å². The van der Waals surface area contributed by atoms with Crippen molar-refractivity contribution >= 4 is 15.9 Å². The number of nitrogens with two attached hydrogens (primary N) is 1. The van der Waals surface area contributed by atoms with Gasteiger partial charge in [-0.05, 0) is 32.0 Å². The van der Waals surface area contributed by atoms with E-state index in [-0.39, 0.29) is 10.5 Å². The average molecular weight is 272 g/mol. The predicted molar refractivity (Wildman–Crippen MR) is 67.0 cm³/mol. The van der Waals surface area contributed by atoms with Gasteiger partial charge in [0, 0.05) is 6.54 Å². The van der Waals surface area contributed by atoms with Gasteiger partial charge in [0.1, 0.15) is 5.75 Å². The molecule has 0 radical (unpaired) electrons. The highest BCUT2D eigenvalue weighted by Gasteiger charge is 2.16. The molecule has 0 aliphatic heterocycles. The highest BCUT2D eigenvalue weighted by molar-refractivity contribution is 7.89. The molecule has 18 heavy (non-hydrogen) atoms. The predicted octanol–water partition coefficient (Wildman–Crippen LogP) is 0.482. The zero-order valence-electron chi connectivity index (χ0n) is 10.3. The Hall–Kier alpha value is -1.60. The molecule has 0 fully saturated rings. The van der Waals surface area contributed by atoms with E-state index in [0.717, 1.165) is 0 Å². The molecule has 0 bridgehead atoms. The molecule has 100 valence electrons. The van der Waals surface area contributed by atoms with Crippen LogP contribution < -0.4 is 15.2 Å². The van der Waals surface area contributed by atoms with Crippen molar-refractivity contribution < 1.29 is 17.9 Å². The maximum atomic E-state index is 11.8. The van der Waals surface area contributed by atoms with Crippen molar-refractivity contribution in [1.29, 1.82) is 0 Å². The van der Waals surface area contributed by atoms with Gasteiger partial charge in [-0.3, -0.25) is 4.79 Å². The van der Waals surface area contributed by atoms with Crippen LogP contribution in [0, 0.1) is 0 Å². The molecular weight excluding hydrogens is 256 g/mol. The maximum absolute atomic E-state index is 11.8. The second-order valence-electron chi connectivity index (χ2n) is 3.50. The second-order valence-corrected chi connectivity index (χ2v) is 5.06. The van der Waals surface area contributed by atoms with E-state index in [1.54, 1.807) is 13.8 Å². The molecule has 3 N–H and O–H groups in total. The van der Waals surface area contributed by atoms with Gasteiger partial charge >= 0.3 is 0 Å². The second kappa shape index (κ2) is 5.83. The Kier molecular flexibility index (Phi) is 4.69. The number of carbonyl (C=O) groups excluding carboxylic acids is 1. The number of ether oxygens (including phenoxy) is 1. The molecule has 0 aromatic heterocycles. The zero-order valence-corrected chi connectivity index (χ0v) is 11.1. The van der Waals surface area contributed by atoms with E-state index < -0.39 is 15.9 Å². The van der Waals surface area contributed by atoms with Gasteiger partial charge in [-0.15, -0.1) is 0 Å². The minimum Gasteiger partial charge on any atom is -0.493 e. The van der Waals surface area contributed by atoms with Crippen LogP contribution in [-0.4, -0.2) is 27.5 Å². The van der Waals surface area contributed by atoms with E-state index >= 15 is 0 Å². The Morgan fingerprint density at radius 3 is 2.56 bits per heavy atom. The van der Waals surface area contributed by atoms with Crippen LogP contribution in [0.25, 0.3) is 0 Å². The number of hydrogen-bond acceptors (Lipinski definition) is 4. The highest BCUT2D eigenvalue weighted by atomic mass is 32.2. The van der Waals surface area contributed by atoms with Gasteiger partial charge in [0.05, 0.1) is 17.1 Å². The summed E-state index contributed by atoms with van der Waals surface area (Å²) in [5, 5.41) is 7.61. The third-order valence-electron chi connectivity index (χ3n) is 2.16. The van der Waals surface area contributed by atoms with Crippen LogP contribution in [0.2, 0.25) is 0 Å². The van der Waals surface area contributed by atoms with Gasteiger partial charge in [-0.2, -0.15) is 0 Å². The first kappa shape index (κ1) is 14.5. The van der Waals surface area contributed by atoms with E-state index in [9.17, 15) is 13.2 Å². The fourth-order valence-corrected chi connectivity index (χ4v) is 1.94. The SMILES string of the molecule is CCNC(=O)c1cc(S(N)(=O)=O)ccc1OCC. The molecular formula is C11H16N2O4S. The lowest BCUT2D eigenvalue weighted by Gasteiger charge is -2.11. The minimum absolute atomic E-state index is 0.118. The Balaban J connectivity index is 3.28. The zero-order chi connectivity index (χ0) is 13.8. The molecule has 7 heteroatoms. The van der Waals surface area contributed by atoms with E-state index in [4.69, 9.17) is 9.88 Å². The Morgan fingerprint density at radius 2 is 2.06 bits per heavy atom. The lowest BCUT2D eigenvalue weighted by Crippen LogP contribution is -2.24. The summed E-state index contributed by atoms with van der Waals surface area (Å²) in [6.07, 6.45) is 0. The van der Waals surface area contributed by atoms with Crippen LogP contribution in [0.4, 0.5) is 0 Å². The number of hydrogen-bond donors (Lipinski definition) is 2. The molecule has 0 saturated carbocycles. The number of rotatable bonds is 5. The quantitative estimate of drug-likeness (QED) is 0.814. The molecule has 1 aromatic rings. The van der Waals surface area contributed by atoms with Crippen molar-refractivity contribution in [3.05, 3.63) is 23.8 Å². The summed E-state index contributed by atoms with van der Waals surface area (Å²) >= 11 is 0. The standard InChI is InChI=1S/C11H16N2O4S/c1-3-13-11(14)9-7-8(18(12,15)16)5-6-10(9)17-4-2/h5-7H,3-4H2,1-2H3,(H,13,14)(H2,12,15,16). The summed E-state index contributed by atoms with van der Waals surface area (Å²) in [6, 6.07) is 3.95. The number of carbonyl (C=O) groups is 1. The molecule has 1 rings (SSSR count). The molecule has 0 spiro atoms. The van der Waals surface area contributed by atoms with Gasteiger partial charge in [-0.25, -0.2) is 13.6 Å². The highest BCUT2D eigenvalue weighted by Crippen LogP contribution is 2.22. The van der Waals surface area contributed by atoms with Crippen molar-refractivity contribution in [2.45, 2.75) is 18.7 Å². The lowest BCUT2D eigenvalue weighted by atomic mass is 10.2. The van der Waals surface area contributed by atoms with Crippen LogP contribution in [0.5, 0.6) is 5.75 Å². The fraction of sp³-hybridized carbons (Fsp3) is 0.364. The molecule has 0 saturated heterocycles. The third kappa shape index (κ3) is 3.44. The molecule has 1 aromatic carbocycles. The molecule has 6 nitrogen and oxygen atoms in total. The van der Waals surface area contributed by atoms with E-state index in [1.807, 2.05) is 0 Å². The molecule has 1 amide bonds. The molecule has 0 aliphatic carbocycles.